The number of aryl methyl sites for hydroxylation is 2. The fourth-order valence-corrected chi connectivity index (χ4v) is 3.82. The summed E-state index contributed by atoms with van der Waals surface area (Å²) >= 11 is 1.46. The number of methoxy groups -OCH3 is 1. The molecule has 2 heterocycles. The lowest BCUT2D eigenvalue weighted by Gasteiger charge is -2.09. The Bertz CT molecular complexity index is 1200. The molecule has 0 aliphatic rings. The zero-order valence-electron chi connectivity index (χ0n) is 15.7. The molecule has 0 N–H and O–H groups in total. The number of rotatable bonds is 5. The van der Waals surface area contributed by atoms with Crippen LogP contribution in [0.3, 0.4) is 0 Å². The summed E-state index contributed by atoms with van der Waals surface area (Å²) in [5.74, 6) is 1.31. The van der Waals surface area contributed by atoms with Gasteiger partial charge in [0.05, 0.1) is 12.8 Å². The van der Waals surface area contributed by atoms with E-state index in [1.165, 1.54) is 17.8 Å². The van der Waals surface area contributed by atoms with E-state index in [0.29, 0.717) is 16.5 Å². The number of nitrogens with zero attached hydrogens (tertiary/aromatic N) is 4. The van der Waals surface area contributed by atoms with Gasteiger partial charge in [0.1, 0.15) is 11.3 Å². The van der Waals surface area contributed by atoms with Gasteiger partial charge in [-0.25, -0.2) is 4.79 Å². The first-order valence-electron chi connectivity index (χ1n) is 8.65. The van der Waals surface area contributed by atoms with Crippen molar-refractivity contribution in [1.82, 2.24) is 20.2 Å². The zero-order valence-corrected chi connectivity index (χ0v) is 16.5. The molecule has 0 atom stereocenters. The number of thioether (sulfide) groups is 1. The van der Waals surface area contributed by atoms with Crippen LogP contribution in [0.4, 0.5) is 0 Å². The smallest absolute Gasteiger partial charge is 0.336 e. The molecule has 0 saturated heterocycles. The predicted molar refractivity (Wildman–Crippen MR) is 107 cm³/mol. The fourth-order valence-electron chi connectivity index (χ4n) is 2.94. The van der Waals surface area contributed by atoms with Crippen molar-refractivity contribution in [2.45, 2.75) is 24.8 Å². The van der Waals surface area contributed by atoms with E-state index >= 15 is 0 Å². The first kappa shape index (κ1) is 18.2. The van der Waals surface area contributed by atoms with Gasteiger partial charge in [0.15, 0.2) is 0 Å². The maximum atomic E-state index is 12.0. The van der Waals surface area contributed by atoms with E-state index in [4.69, 9.17) is 9.15 Å². The van der Waals surface area contributed by atoms with Crippen molar-refractivity contribution < 1.29 is 9.15 Å². The van der Waals surface area contributed by atoms with Crippen LogP contribution in [0.2, 0.25) is 0 Å². The van der Waals surface area contributed by atoms with Crippen molar-refractivity contribution in [2.24, 2.45) is 0 Å². The molecule has 28 heavy (non-hydrogen) atoms. The Hall–Kier alpha value is -3.13. The number of tetrazole rings is 1. The number of hydrogen-bond donors (Lipinski definition) is 0. The molecule has 0 amide bonds. The van der Waals surface area contributed by atoms with Gasteiger partial charge in [-0.05, 0) is 65.2 Å². The van der Waals surface area contributed by atoms with Gasteiger partial charge >= 0.3 is 5.63 Å². The van der Waals surface area contributed by atoms with Crippen LogP contribution in [-0.4, -0.2) is 27.3 Å². The maximum absolute atomic E-state index is 12.0. The van der Waals surface area contributed by atoms with Crippen molar-refractivity contribution >= 4 is 22.7 Å². The molecule has 0 radical (unpaired) electrons. The van der Waals surface area contributed by atoms with Crippen molar-refractivity contribution in [2.75, 3.05) is 7.11 Å². The van der Waals surface area contributed by atoms with E-state index < -0.39 is 0 Å². The second-order valence-corrected chi connectivity index (χ2v) is 7.28. The second kappa shape index (κ2) is 7.47. The van der Waals surface area contributed by atoms with Gasteiger partial charge < -0.3 is 9.15 Å². The summed E-state index contributed by atoms with van der Waals surface area (Å²) < 4.78 is 12.3. The molecule has 0 unspecified atom stereocenters. The maximum Gasteiger partial charge on any atom is 0.336 e. The van der Waals surface area contributed by atoms with Gasteiger partial charge in [0.25, 0.3) is 0 Å². The van der Waals surface area contributed by atoms with Crippen LogP contribution >= 0.6 is 11.8 Å². The summed E-state index contributed by atoms with van der Waals surface area (Å²) in [6, 6.07) is 13.0. The largest absolute Gasteiger partial charge is 0.497 e. The Morgan fingerprint density at radius 3 is 2.68 bits per heavy atom. The highest BCUT2D eigenvalue weighted by atomic mass is 32.2. The molecule has 0 aliphatic heterocycles. The monoisotopic (exact) mass is 394 g/mol. The number of benzene rings is 2. The summed E-state index contributed by atoms with van der Waals surface area (Å²) in [7, 11) is 1.62. The van der Waals surface area contributed by atoms with Crippen molar-refractivity contribution in [3.63, 3.8) is 0 Å². The van der Waals surface area contributed by atoms with Crippen molar-refractivity contribution in [1.29, 1.82) is 0 Å². The lowest BCUT2D eigenvalue weighted by Crippen LogP contribution is -2.03. The highest BCUT2D eigenvalue weighted by Crippen LogP contribution is 2.28. The van der Waals surface area contributed by atoms with E-state index in [0.717, 1.165) is 33.5 Å². The standard InChI is InChI=1S/C20H18N4O3S/c1-12-4-9-17-14(10-18(25)27-19(17)13(12)2)11-28-20-21-22-23-24(20)15-5-7-16(26-3)8-6-15/h4-10H,11H2,1-3H3. The SMILES string of the molecule is COc1ccc(-n2nnnc2SCc2cc(=O)oc3c(C)c(C)ccc23)cc1. The molecule has 8 heteroatoms. The Kier molecular flexibility index (Phi) is 4.87. The lowest BCUT2D eigenvalue weighted by molar-refractivity contribution is 0.414. The third kappa shape index (κ3) is 3.38. The predicted octanol–water partition coefficient (Wildman–Crippen LogP) is 3.69. The molecule has 2 aromatic heterocycles. The van der Waals surface area contributed by atoms with E-state index in [2.05, 4.69) is 15.5 Å². The van der Waals surface area contributed by atoms with Crippen LogP contribution in [0.25, 0.3) is 16.7 Å². The zero-order chi connectivity index (χ0) is 19.7. The number of aromatic nitrogens is 4. The Morgan fingerprint density at radius 1 is 1.14 bits per heavy atom. The second-order valence-electron chi connectivity index (χ2n) is 6.33. The molecule has 0 aliphatic carbocycles. The molecular weight excluding hydrogens is 376 g/mol. The molecule has 7 nitrogen and oxygen atoms in total. The van der Waals surface area contributed by atoms with Gasteiger partial charge in [-0.15, -0.1) is 5.10 Å². The van der Waals surface area contributed by atoms with Gasteiger partial charge in [0.2, 0.25) is 5.16 Å². The molecule has 0 spiro atoms. The van der Waals surface area contributed by atoms with Crippen LogP contribution in [0.15, 0.2) is 56.8 Å². The van der Waals surface area contributed by atoms with Gasteiger partial charge in [-0.3, -0.25) is 0 Å². The van der Waals surface area contributed by atoms with E-state index in [-0.39, 0.29) is 5.63 Å². The number of ether oxygens (including phenoxy) is 1. The van der Waals surface area contributed by atoms with Crippen LogP contribution in [-0.2, 0) is 5.75 Å². The van der Waals surface area contributed by atoms with Crippen LogP contribution in [0.1, 0.15) is 16.7 Å². The summed E-state index contributed by atoms with van der Waals surface area (Å²) in [5.41, 5.74) is 4.07. The molecule has 4 rings (SSSR count). The Morgan fingerprint density at radius 2 is 1.93 bits per heavy atom. The molecule has 0 saturated carbocycles. The lowest BCUT2D eigenvalue weighted by atomic mass is 10.0. The van der Waals surface area contributed by atoms with Crippen LogP contribution < -0.4 is 10.4 Å². The van der Waals surface area contributed by atoms with Crippen LogP contribution in [0.5, 0.6) is 5.75 Å². The van der Waals surface area contributed by atoms with E-state index in [1.54, 1.807) is 11.8 Å². The minimum absolute atomic E-state index is 0.355. The Balaban J connectivity index is 1.65. The average molecular weight is 394 g/mol. The first-order chi connectivity index (χ1) is 13.6. The minimum Gasteiger partial charge on any atom is -0.497 e. The van der Waals surface area contributed by atoms with Gasteiger partial charge in [-0.2, -0.15) is 4.68 Å². The molecule has 2 aromatic carbocycles. The summed E-state index contributed by atoms with van der Waals surface area (Å²) in [5, 5.41) is 13.5. The quantitative estimate of drug-likeness (QED) is 0.377. The van der Waals surface area contributed by atoms with E-state index in [1.807, 2.05) is 50.2 Å². The van der Waals surface area contributed by atoms with E-state index in [9.17, 15) is 4.79 Å². The normalized spacial score (nSPS) is 11.1. The summed E-state index contributed by atoms with van der Waals surface area (Å²) in [4.78, 5) is 12.0. The van der Waals surface area contributed by atoms with Gasteiger partial charge in [-0.1, -0.05) is 23.9 Å². The molecule has 0 bridgehead atoms. The third-order valence-corrected chi connectivity index (χ3v) is 5.60. The summed E-state index contributed by atoms with van der Waals surface area (Å²) in [6.07, 6.45) is 0. The molecule has 0 fully saturated rings. The Labute approximate surface area is 165 Å². The molecular formula is C20H18N4O3S. The first-order valence-corrected chi connectivity index (χ1v) is 9.64. The topological polar surface area (TPSA) is 83.0 Å². The van der Waals surface area contributed by atoms with Crippen molar-refractivity contribution in [3.8, 4) is 11.4 Å². The molecule has 4 aromatic rings. The van der Waals surface area contributed by atoms with Crippen molar-refractivity contribution in [3.05, 3.63) is 69.6 Å². The highest BCUT2D eigenvalue weighted by molar-refractivity contribution is 7.98. The fraction of sp³-hybridized carbons (Fsp3) is 0.200. The summed E-state index contributed by atoms with van der Waals surface area (Å²) in [6.45, 7) is 3.96. The minimum atomic E-state index is -0.355. The third-order valence-electron chi connectivity index (χ3n) is 4.63. The van der Waals surface area contributed by atoms with Crippen LogP contribution in [0, 0.1) is 13.8 Å². The molecule has 142 valence electrons. The number of hydrogen-bond acceptors (Lipinski definition) is 7. The van der Waals surface area contributed by atoms with Gasteiger partial charge in [0, 0.05) is 17.2 Å². The highest BCUT2D eigenvalue weighted by Gasteiger charge is 2.13. The average Bonchev–Trinajstić information content (AvgIpc) is 3.18. The number of fused-ring (bicyclic) bond motifs is 1.